The molecule has 0 aromatic heterocycles. The monoisotopic (exact) mass is 264 g/mol. The summed E-state index contributed by atoms with van der Waals surface area (Å²) in [6.07, 6.45) is 2.05. The van der Waals surface area contributed by atoms with Crippen molar-refractivity contribution in [1.82, 2.24) is 10.8 Å². The number of hydrogen-bond acceptors (Lipinski definition) is 3. The highest BCUT2D eigenvalue weighted by Crippen LogP contribution is 2.08. The van der Waals surface area contributed by atoms with E-state index in [0.717, 1.165) is 18.4 Å². The number of aryl methyl sites for hydroxylation is 1. The van der Waals surface area contributed by atoms with E-state index in [1.807, 2.05) is 26.0 Å². The lowest BCUT2D eigenvalue weighted by Crippen LogP contribution is -2.29. The van der Waals surface area contributed by atoms with Gasteiger partial charge in [-0.2, -0.15) is 0 Å². The van der Waals surface area contributed by atoms with E-state index in [1.54, 1.807) is 17.6 Å². The number of hydrogen-bond donors (Lipinski definition) is 3. The molecule has 0 saturated heterocycles. The van der Waals surface area contributed by atoms with Crippen LogP contribution in [0.25, 0.3) is 0 Å². The first-order chi connectivity index (χ1) is 9.02. The van der Waals surface area contributed by atoms with Crippen molar-refractivity contribution in [1.29, 1.82) is 0 Å². The van der Waals surface area contributed by atoms with Crippen LogP contribution in [0.1, 0.15) is 42.6 Å². The minimum absolute atomic E-state index is 0.0614. The number of carbonyl (C=O) groups is 2. The highest BCUT2D eigenvalue weighted by atomic mass is 16.5. The van der Waals surface area contributed by atoms with Crippen LogP contribution in [0.2, 0.25) is 0 Å². The molecule has 0 radical (unpaired) electrons. The molecule has 1 rings (SSSR count). The van der Waals surface area contributed by atoms with Crippen molar-refractivity contribution in [3.8, 4) is 0 Å². The zero-order valence-corrected chi connectivity index (χ0v) is 11.3. The number of rotatable bonds is 6. The predicted octanol–water partition coefficient (Wildman–Crippen LogP) is 1.65. The lowest BCUT2D eigenvalue weighted by molar-refractivity contribution is -0.121. The fourth-order valence-corrected chi connectivity index (χ4v) is 1.73. The summed E-state index contributed by atoms with van der Waals surface area (Å²) in [6.45, 7) is 3.87. The summed E-state index contributed by atoms with van der Waals surface area (Å²) in [4.78, 5) is 22.6. The molecular formula is C14H20N2O3. The van der Waals surface area contributed by atoms with Crippen molar-refractivity contribution in [3.63, 3.8) is 0 Å². The highest BCUT2D eigenvalue weighted by molar-refractivity contribution is 5.93. The van der Waals surface area contributed by atoms with Gasteiger partial charge in [-0.05, 0) is 44.4 Å². The maximum Gasteiger partial charge on any atom is 0.274 e. The maximum absolute atomic E-state index is 11.4. The van der Waals surface area contributed by atoms with Crippen LogP contribution in [0.15, 0.2) is 24.3 Å². The van der Waals surface area contributed by atoms with Gasteiger partial charge >= 0.3 is 0 Å². The van der Waals surface area contributed by atoms with Gasteiger partial charge in [-0.15, -0.1) is 0 Å². The SMILES string of the molecule is CC(C)NC(=O)CCCc1ccc(C(=O)NO)cc1. The van der Waals surface area contributed by atoms with Gasteiger partial charge in [0.15, 0.2) is 0 Å². The van der Waals surface area contributed by atoms with Crippen molar-refractivity contribution >= 4 is 11.8 Å². The molecule has 0 spiro atoms. The summed E-state index contributed by atoms with van der Waals surface area (Å²) in [7, 11) is 0. The van der Waals surface area contributed by atoms with E-state index in [2.05, 4.69) is 5.32 Å². The summed E-state index contributed by atoms with van der Waals surface area (Å²) >= 11 is 0. The Morgan fingerprint density at radius 1 is 1.21 bits per heavy atom. The molecule has 2 amide bonds. The molecule has 104 valence electrons. The van der Waals surface area contributed by atoms with Gasteiger partial charge in [-0.3, -0.25) is 14.8 Å². The summed E-state index contributed by atoms with van der Waals surface area (Å²) in [5.74, 6) is -0.464. The third kappa shape index (κ3) is 5.52. The van der Waals surface area contributed by atoms with Crippen molar-refractivity contribution in [2.24, 2.45) is 0 Å². The first-order valence-electron chi connectivity index (χ1n) is 6.35. The normalized spacial score (nSPS) is 10.3. The van der Waals surface area contributed by atoms with Crippen LogP contribution in [-0.2, 0) is 11.2 Å². The van der Waals surface area contributed by atoms with Gasteiger partial charge in [0.1, 0.15) is 0 Å². The van der Waals surface area contributed by atoms with Crippen molar-refractivity contribution < 1.29 is 14.8 Å². The van der Waals surface area contributed by atoms with Crippen LogP contribution >= 0.6 is 0 Å². The van der Waals surface area contributed by atoms with Gasteiger partial charge in [0, 0.05) is 18.0 Å². The maximum atomic E-state index is 11.4. The average Bonchev–Trinajstić information content (AvgIpc) is 2.37. The number of benzene rings is 1. The molecule has 0 atom stereocenters. The van der Waals surface area contributed by atoms with Crippen LogP contribution in [-0.4, -0.2) is 23.1 Å². The van der Waals surface area contributed by atoms with Gasteiger partial charge < -0.3 is 5.32 Å². The van der Waals surface area contributed by atoms with Gasteiger partial charge in [0.2, 0.25) is 5.91 Å². The molecule has 1 aromatic carbocycles. The zero-order valence-electron chi connectivity index (χ0n) is 11.3. The summed E-state index contributed by atoms with van der Waals surface area (Å²) in [6, 6.07) is 7.11. The minimum atomic E-state index is -0.525. The fourth-order valence-electron chi connectivity index (χ4n) is 1.73. The Morgan fingerprint density at radius 2 is 1.84 bits per heavy atom. The largest absolute Gasteiger partial charge is 0.354 e. The van der Waals surface area contributed by atoms with Crippen LogP contribution in [0.5, 0.6) is 0 Å². The molecule has 3 N–H and O–H groups in total. The van der Waals surface area contributed by atoms with Crippen LogP contribution in [0.3, 0.4) is 0 Å². The molecule has 0 saturated carbocycles. The fraction of sp³-hybridized carbons (Fsp3) is 0.429. The standard InChI is InChI=1S/C14H20N2O3/c1-10(2)15-13(17)5-3-4-11-6-8-12(9-7-11)14(18)16-19/h6-10,19H,3-5H2,1-2H3,(H,15,17)(H,16,18). The molecule has 1 aromatic rings. The van der Waals surface area contributed by atoms with E-state index in [9.17, 15) is 9.59 Å². The molecular weight excluding hydrogens is 244 g/mol. The van der Waals surface area contributed by atoms with Crippen molar-refractivity contribution in [3.05, 3.63) is 35.4 Å². The summed E-state index contributed by atoms with van der Waals surface area (Å²) in [5, 5.41) is 11.3. The first-order valence-corrected chi connectivity index (χ1v) is 6.35. The van der Waals surface area contributed by atoms with Crippen LogP contribution in [0.4, 0.5) is 0 Å². The molecule has 5 heteroatoms. The van der Waals surface area contributed by atoms with E-state index >= 15 is 0 Å². The van der Waals surface area contributed by atoms with E-state index in [0.29, 0.717) is 12.0 Å². The molecule has 0 aliphatic carbocycles. The number of amides is 2. The molecule has 5 nitrogen and oxygen atoms in total. The molecule has 0 bridgehead atoms. The second-order valence-electron chi connectivity index (χ2n) is 4.71. The Hall–Kier alpha value is -1.88. The third-order valence-electron chi connectivity index (χ3n) is 2.64. The second kappa shape index (κ2) is 7.53. The Bertz CT molecular complexity index is 427. The number of hydroxylamine groups is 1. The Kier molecular flexibility index (Phi) is 6.02. The Morgan fingerprint density at radius 3 is 2.37 bits per heavy atom. The lowest BCUT2D eigenvalue weighted by Gasteiger charge is -2.08. The average molecular weight is 264 g/mol. The Labute approximate surface area is 113 Å². The topological polar surface area (TPSA) is 78.4 Å². The van der Waals surface area contributed by atoms with Gasteiger partial charge in [0.05, 0.1) is 0 Å². The second-order valence-corrected chi connectivity index (χ2v) is 4.71. The minimum Gasteiger partial charge on any atom is -0.354 e. The molecule has 0 fully saturated rings. The van der Waals surface area contributed by atoms with Crippen molar-refractivity contribution in [2.75, 3.05) is 0 Å². The summed E-state index contributed by atoms with van der Waals surface area (Å²) < 4.78 is 0. The third-order valence-corrected chi connectivity index (χ3v) is 2.64. The smallest absolute Gasteiger partial charge is 0.274 e. The molecule has 0 aliphatic rings. The summed E-state index contributed by atoms with van der Waals surface area (Å²) in [5.41, 5.74) is 3.05. The van der Waals surface area contributed by atoms with Crippen molar-refractivity contribution in [2.45, 2.75) is 39.2 Å². The van der Waals surface area contributed by atoms with E-state index in [4.69, 9.17) is 5.21 Å². The number of nitrogens with one attached hydrogen (secondary N) is 2. The molecule has 0 unspecified atom stereocenters. The first kappa shape index (κ1) is 15.2. The predicted molar refractivity (Wildman–Crippen MR) is 71.9 cm³/mol. The van der Waals surface area contributed by atoms with E-state index in [-0.39, 0.29) is 11.9 Å². The molecule has 19 heavy (non-hydrogen) atoms. The van der Waals surface area contributed by atoms with Crippen LogP contribution < -0.4 is 10.8 Å². The van der Waals surface area contributed by atoms with Gasteiger partial charge in [0.25, 0.3) is 5.91 Å². The zero-order chi connectivity index (χ0) is 14.3. The molecule has 0 heterocycles. The molecule has 0 aliphatic heterocycles. The van der Waals surface area contributed by atoms with Crippen LogP contribution in [0, 0.1) is 0 Å². The Balaban J connectivity index is 2.38. The van der Waals surface area contributed by atoms with E-state index in [1.165, 1.54) is 0 Å². The highest BCUT2D eigenvalue weighted by Gasteiger charge is 2.05. The number of carbonyl (C=O) groups excluding carboxylic acids is 2. The van der Waals surface area contributed by atoms with Gasteiger partial charge in [-0.1, -0.05) is 12.1 Å². The quantitative estimate of drug-likeness (QED) is 0.540. The van der Waals surface area contributed by atoms with E-state index < -0.39 is 5.91 Å². The lowest BCUT2D eigenvalue weighted by atomic mass is 10.1. The van der Waals surface area contributed by atoms with Gasteiger partial charge in [-0.25, -0.2) is 5.48 Å².